The number of thiophene rings is 1. The van der Waals surface area contributed by atoms with Gasteiger partial charge in [-0.25, -0.2) is 4.99 Å². The number of amides is 1. The molecule has 5 aromatic rings. The van der Waals surface area contributed by atoms with Crippen molar-refractivity contribution in [2.75, 3.05) is 5.32 Å². The minimum Gasteiger partial charge on any atom is -0.350 e. The van der Waals surface area contributed by atoms with Crippen LogP contribution < -0.4 is 20.2 Å². The lowest BCUT2D eigenvalue weighted by molar-refractivity contribution is -0.113. The molecule has 0 spiro atoms. The first-order chi connectivity index (χ1) is 17.5. The summed E-state index contributed by atoms with van der Waals surface area (Å²) in [5.74, 6) is -0.260. The van der Waals surface area contributed by atoms with Gasteiger partial charge in [-0.2, -0.15) is 0 Å². The van der Waals surface area contributed by atoms with Crippen molar-refractivity contribution < 1.29 is 4.79 Å². The fourth-order valence-corrected chi connectivity index (χ4v) is 6.54. The third kappa shape index (κ3) is 3.75. The first-order valence-corrected chi connectivity index (χ1v) is 13.2. The maximum absolute atomic E-state index is 13.8. The molecule has 0 bridgehead atoms. The number of carbonyl (C=O) groups excluding carboxylic acids is 1. The fraction of sp³-hybridized carbons (Fsp3) is 0.107. The van der Waals surface area contributed by atoms with Crippen molar-refractivity contribution in [3.8, 4) is 0 Å². The number of nitrogens with zero attached hydrogens (tertiary/aromatic N) is 3. The Morgan fingerprint density at radius 1 is 1.06 bits per heavy atom. The van der Waals surface area contributed by atoms with Crippen molar-refractivity contribution in [3.05, 3.63) is 120 Å². The average molecular weight is 511 g/mol. The molecule has 0 saturated heterocycles. The second kappa shape index (κ2) is 8.89. The molecule has 3 aromatic heterocycles. The van der Waals surface area contributed by atoms with E-state index in [0.29, 0.717) is 26.3 Å². The standard InChI is InChI=1S/C28H22N4O2S2/c1-17-24(26(33)30-19-9-4-3-5-10-19)25(22-13-8-14-35-22)32-27(34)23(36-28(32)29-17)15-18-16-31(2)21-12-7-6-11-20(18)21/h3-16,25H,1-2H3,(H,30,33)/b23-15-. The third-order valence-corrected chi connectivity index (χ3v) is 8.23. The van der Waals surface area contributed by atoms with E-state index in [-0.39, 0.29) is 11.5 Å². The first kappa shape index (κ1) is 22.5. The second-order valence-electron chi connectivity index (χ2n) is 8.63. The van der Waals surface area contributed by atoms with Crippen LogP contribution in [0.25, 0.3) is 17.0 Å². The number of hydrogen-bond donors (Lipinski definition) is 1. The highest BCUT2D eigenvalue weighted by atomic mass is 32.1. The van der Waals surface area contributed by atoms with Gasteiger partial charge in [-0.15, -0.1) is 11.3 Å². The summed E-state index contributed by atoms with van der Waals surface area (Å²) in [5, 5.41) is 6.02. The molecule has 1 amide bonds. The Kier molecular flexibility index (Phi) is 5.55. The van der Waals surface area contributed by atoms with Crippen molar-refractivity contribution in [2.45, 2.75) is 13.0 Å². The molecule has 6 rings (SSSR count). The van der Waals surface area contributed by atoms with E-state index in [1.54, 1.807) is 4.57 Å². The van der Waals surface area contributed by atoms with Gasteiger partial charge in [0, 0.05) is 40.3 Å². The highest BCUT2D eigenvalue weighted by Crippen LogP contribution is 2.33. The van der Waals surface area contributed by atoms with Crippen LogP contribution >= 0.6 is 22.7 Å². The largest absolute Gasteiger partial charge is 0.350 e. The predicted octanol–water partition coefficient (Wildman–Crippen LogP) is 4.43. The number of carbonyl (C=O) groups is 1. The van der Waals surface area contributed by atoms with Crippen LogP contribution in [-0.2, 0) is 11.8 Å². The van der Waals surface area contributed by atoms with E-state index in [1.165, 1.54) is 22.7 Å². The molecule has 178 valence electrons. The number of aromatic nitrogens is 2. The maximum Gasteiger partial charge on any atom is 0.271 e. The van der Waals surface area contributed by atoms with Gasteiger partial charge >= 0.3 is 0 Å². The van der Waals surface area contributed by atoms with Gasteiger partial charge in [0.15, 0.2) is 4.80 Å². The van der Waals surface area contributed by atoms with Crippen LogP contribution in [0.3, 0.4) is 0 Å². The molecule has 36 heavy (non-hydrogen) atoms. The molecule has 1 unspecified atom stereocenters. The maximum atomic E-state index is 13.8. The van der Waals surface area contributed by atoms with Gasteiger partial charge in [-0.1, -0.05) is 53.8 Å². The Balaban J connectivity index is 1.51. The Hall–Kier alpha value is -4.01. The second-order valence-corrected chi connectivity index (χ2v) is 10.6. The summed E-state index contributed by atoms with van der Waals surface area (Å²) in [6.07, 6.45) is 3.96. The number of fused-ring (bicyclic) bond motifs is 2. The van der Waals surface area contributed by atoms with Gasteiger partial charge < -0.3 is 9.88 Å². The van der Waals surface area contributed by atoms with Crippen LogP contribution in [0, 0.1) is 0 Å². The average Bonchev–Trinajstić information content (AvgIpc) is 3.59. The topological polar surface area (TPSA) is 68.4 Å². The molecular formula is C28H22N4O2S2. The summed E-state index contributed by atoms with van der Waals surface area (Å²) in [7, 11) is 2.00. The number of anilines is 1. The normalized spacial score (nSPS) is 15.7. The summed E-state index contributed by atoms with van der Waals surface area (Å²) >= 11 is 2.88. The summed E-state index contributed by atoms with van der Waals surface area (Å²) in [4.78, 5) is 33.6. The molecule has 0 radical (unpaired) electrons. The van der Waals surface area contributed by atoms with E-state index in [1.807, 2.05) is 86.2 Å². The molecule has 1 aliphatic heterocycles. The Morgan fingerprint density at radius 2 is 1.83 bits per heavy atom. The zero-order valence-corrected chi connectivity index (χ0v) is 21.3. The van der Waals surface area contributed by atoms with Crippen molar-refractivity contribution in [1.29, 1.82) is 0 Å². The van der Waals surface area contributed by atoms with Crippen LogP contribution in [0.1, 0.15) is 23.4 Å². The molecular weight excluding hydrogens is 488 g/mol. The number of rotatable bonds is 4. The molecule has 0 fully saturated rings. The van der Waals surface area contributed by atoms with Crippen molar-refractivity contribution in [3.63, 3.8) is 0 Å². The van der Waals surface area contributed by atoms with Gasteiger partial charge in [-0.3, -0.25) is 14.2 Å². The number of hydrogen-bond acceptors (Lipinski definition) is 5. The molecule has 0 aliphatic carbocycles. The van der Waals surface area contributed by atoms with Gasteiger partial charge in [0.2, 0.25) is 0 Å². The lowest BCUT2D eigenvalue weighted by Crippen LogP contribution is -2.40. The van der Waals surface area contributed by atoms with Crippen LogP contribution in [-0.4, -0.2) is 15.0 Å². The first-order valence-electron chi connectivity index (χ1n) is 11.5. The van der Waals surface area contributed by atoms with Crippen molar-refractivity contribution in [1.82, 2.24) is 9.13 Å². The van der Waals surface area contributed by atoms with Gasteiger partial charge in [-0.05, 0) is 42.6 Å². The molecule has 6 nitrogen and oxygen atoms in total. The van der Waals surface area contributed by atoms with E-state index in [0.717, 1.165) is 21.3 Å². The minimum absolute atomic E-state index is 0.150. The quantitative estimate of drug-likeness (QED) is 0.389. The van der Waals surface area contributed by atoms with Crippen LogP contribution in [0.4, 0.5) is 5.69 Å². The number of nitrogens with one attached hydrogen (secondary N) is 1. The number of allylic oxidation sites excluding steroid dienone is 1. The van der Waals surface area contributed by atoms with Crippen LogP contribution in [0.2, 0.25) is 0 Å². The summed E-state index contributed by atoms with van der Waals surface area (Å²) in [6.45, 7) is 1.84. The minimum atomic E-state index is -0.542. The smallest absolute Gasteiger partial charge is 0.271 e. The number of para-hydroxylation sites is 2. The number of aryl methyl sites for hydroxylation is 1. The highest BCUT2D eigenvalue weighted by molar-refractivity contribution is 7.10. The van der Waals surface area contributed by atoms with Crippen molar-refractivity contribution >= 4 is 51.2 Å². The molecule has 1 atom stereocenters. The van der Waals surface area contributed by atoms with Gasteiger partial charge in [0.25, 0.3) is 11.5 Å². The van der Waals surface area contributed by atoms with E-state index < -0.39 is 6.04 Å². The molecule has 1 aliphatic rings. The number of thiazole rings is 1. The van der Waals surface area contributed by atoms with E-state index in [2.05, 4.69) is 22.0 Å². The molecule has 4 heterocycles. The molecule has 2 aromatic carbocycles. The summed E-state index contributed by atoms with van der Waals surface area (Å²) in [6, 6.07) is 20.8. The van der Waals surface area contributed by atoms with Crippen molar-refractivity contribution in [2.24, 2.45) is 12.0 Å². The molecule has 1 N–H and O–H groups in total. The highest BCUT2D eigenvalue weighted by Gasteiger charge is 2.33. The van der Waals surface area contributed by atoms with Crippen LogP contribution in [0.5, 0.6) is 0 Å². The van der Waals surface area contributed by atoms with Crippen LogP contribution in [0.15, 0.2) is 99.4 Å². The molecule has 8 heteroatoms. The zero-order chi connectivity index (χ0) is 24.8. The van der Waals surface area contributed by atoms with E-state index in [9.17, 15) is 9.59 Å². The number of benzene rings is 2. The lowest BCUT2D eigenvalue weighted by atomic mass is 10.0. The monoisotopic (exact) mass is 510 g/mol. The Morgan fingerprint density at radius 3 is 2.61 bits per heavy atom. The van der Waals surface area contributed by atoms with Gasteiger partial charge in [0.1, 0.15) is 6.04 Å². The Labute approximate surface area is 214 Å². The van der Waals surface area contributed by atoms with E-state index >= 15 is 0 Å². The Bertz CT molecular complexity index is 1820. The van der Waals surface area contributed by atoms with Gasteiger partial charge in [0.05, 0.1) is 15.8 Å². The summed E-state index contributed by atoms with van der Waals surface area (Å²) < 4.78 is 4.31. The van der Waals surface area contributed by atoms with E-state index in [4.69, 9.17) is 4.99 Å². The molecule has 0 saturated carbocycles. The third-order valence-electron chi connectivity index (χ3n) is 6.33. The fourth-order valence-electron chi connectivity index (χ4n) is 4.68. The summed E-state index contributed by atoms with van der Waals surface area (Å²) in [5.41, 5.74) is 3.71. The predicted molar refractivity (Wildman–Crippen MR) is 146 cm³/mol. The lowest BCUT2D eigenvalue weighted by Gasteiger charge is -2.24. The SMILES string of the molecule is CC1=C(C(=O)Nc2ccccc2)C(c2cccs2)n2c(s/c(=C\c3cn(C)c4ccccc34)c2=O)=N1. The zero-order valence-electron chi connectivity index (χ0n) is 19.6.